The average Bonchev–Trinajstić information content (AvgIpc) is 2.57. The van der Waals surface area contributed by atoms with Crippen molar-refractivity contribution in [1.29, 1.82) is 0 Å². The minimum absolute atomic E-state index is 0.0624. The van der Waals surface area contributed by atoms with Crippen LogP contribution in [0.5, 0.6) is 0 Å². The van der Waals surface area contributed by atoms with E-state index in [4.69, 9.17) is 5.73 Å². The first-order valence-corrected chi connectivity index (χ1v) is 9.67. The topological polar surface area (TPSA) is 128 Å². The smallest absolute Gasteiger partial charge is 0.271 e. The van der Waals surface area contributed by atoms with Crippen LogP contribution in [0.1, 0.15) is 21.6 Å². The van der Waals surface area contributed by atoms with E-state index in [1.54, 1.807) is 6.92 Å². The molecule has 0 aliphatic rings. The van der Waals surface area contributed by atoms with Gasteiger partial charge in [-0.15, -0.1) is 10.2 Å². The number of fused-ring (bicyclic) bond motifs is 1. The Morgan fingerprint density at radius 1 is 1.15 bits per heavy atom. The summed E-state index contributed by atoms with van der Waals surface area (Å²) in [6.07, 6.45) is 2.32. The number of hydrogen-bond acceptors (Lipinski definition) is 7. The fourth-order valence-corrected chi connectivity index (χ4v) is 3.35. The van der Waals surface area contributed by atoms with Gasteiger partial charge in [0.05, 0.1) is 28.0 Å². The Labute approximate surface area is 154 Å². The number of aromatic nitrogens is 3. The quantitative estimate of drug-likeness (QED) is 0.653. The molecule has 2 heterocycles. The minimum atomic E-state index is -3.51. The molecule has 3 aromatic rings. The van der Waals surface area contributed by atoms with Crippen LogP contribution in [0.4, 0.5) is 15.8 Å². The summed E-state index contributed by atoms with van der Waals surface area (Å²) in [4.78, 5) is 15.5. The van der Waals surface area contributed by atoms with Crippen LogP contribution in [0.15, 0.2) is 29.3 Å². The third kappa shape index (κ3) is 3.56. The first-order chi connectivity index (χ1) is 12.6. The number of halogens is 1. The maximum Gasteiger partial charge on any atom is 0.271 e. The molecular weight excluding hydrogens is 373 g/mol. The van der Waals surface area contributed by atoms with E-state index < -0.39 is 21.7 Å². The fraction of sp³-hybridized carbons (Fsp3) is 0.176. The Kier molecular flexibility index (Phi) is 4.52. The van der Waals surface area contributed by atoms with Gasteiger partial charge in [0.15, 0.2) is 15.5 Å². The van der Waals surface area contributed by atoms with E-state index in [0.717, 1.165) is 6.26 Å². The van der Waals surface area contributed by atoms with E-state index in [1.807, 2.05) is 0 Å². The number of primary amides is 1. The lowest BCUT2D eigenvalue weighted by Crippen LogP contribution is -2.17. The Hall–Kier alpha value is -3.14. The van der Waals surface area contributed by atoms with Gasteiger partial charge in [0.2, 0.25) is 5.95 Å². The van der Waals surface area contributed by atoms with E-state index in [2.05, 4.69) is 20.5 Å². The van der Waals surface area contributed by atoms with Crippen LogP contribution in [0.25, 0.3) is 10.9 Å². The van der Waals surface area contributed by atoms with Crippen LogP contribution in [-0.4, -0.2) is 35.8 Å². The van der Waals surface area contributed by atoms with Gasteiger partial charge in [0.25, 0.3) is 5.91 Å². The molecule has 27 heavy (non-hydrogen) atoms. The molecule has 2 aromatic heterocycles. The second kappa shape index (κ2) is 6.54. The summed E-state index contributed by atoms with van der Waals surface area (Å²) in [5.41, 5.74) is 7.04. The fourth-order valence-electron chi connectivity index (χ4n) is 2.63. The van der Waals surface area contributed by atoms with Gasteiger partial charge >= 0.3 is 0 Å². The van der Waals surface area contributed by atoms with Gasteiger partial charge in [0.1, 0.15) is 0 Å². The van der Waals surface area contributed by atoms with Crippen molar-refractivity contribution >= 4 is 38.0 Å². The molecule has 0 saturated heterocycles. The highest BCUT2D eigenvalue weighted by molar-refractivity contribution is 7.90. The number of amides is 1. The number of carbonyl (C=O) groups is 1. The third-order valence-electron chi connectivity index (χ3n) is 3.98. The Morgan fingerprint density at radius 2 is 1.85 bits per heavy atom. The monoisotopic (exact) mass is 389 g/mol. The number of benzene rings is 1. The molecule has 0 aliphatic carbocycles. The molecule has 3 N–H and O–H groups in total. The number of rotatable bonds is 4. The SMILES string of the molecule is Cc1cc(Nc2c(C(N)=O)nnc3c(C)cc(S(C)(=O)=O)cc23)cnc1F. The first-order valence-electron chi connectivity index (χ1n) is 7.78. The molecule has 140 valence electrons. The van der Waals surface area contributed by atoms with Gasteiger partial charge in [-0.25, -0.2) is 13.4 Å². The first kappa shape index (κ1) is 18.6. The molecule has 0 atom stereocenters. The van der Waals surface area contributed by atoms with Crippen molar-refractivity contribution in [3.05, 3.63) is 47.2 Å². The van der Waals surface area contributed by atoms with E-state index >= 15 is 0 Å². The molecule has 0 radical (unpaired) electrons. The molecule has 3 rings (SSSR count). The summed E-state index contributed by atoms with van der Waals surface area (Å²) in [6, 6.07) is 4.36. The summed E-state index contributed by atoms with van der Waals surface area (Å²) in [5, 5.41) is 11.2. The molecule has 0 unspecified atom stereocenters. The lowest BCUT2D eigenvalue weighted by atomic mass is 10.1. The van der Waals surface area contributed by atoms with Crippen molar-refractivity contribution in [3.63, 3.8) is 0 Å². The highest BCUT2D eigenvalue weighted by Gasteiger charge is 2.20. The molecule has 0 fully saturated rings. The van der Waals surface area contributed by atoms with Crippen molar-refractivity contribution in [2.45, 2.75) is 18.7 Å². The van der Waals surface area contributed by atoms with Gasteiger partial charge in [-0.1, -0.05) is 0 Å². The van der Waals surface area contributed by atoms with Crippen molar-refractivity contribution in [2.24, 2.45) is 5.73 Å². The molecule has 1 aromatic carbocycles. The number of anilines is 2. The second-order valence-electron chi connectivity index (χ2n) is 6.15. The normalized spacial score (nSPS) is 11.6. The predicted molar refractivity (Wildman–Crippen MR) is 98.1 cm³/mol. The van der Waals surface area contributed by atoms with Gasteiger partial charge in [-0.2, -0.15) is 4.39 Å². The summed E-state index contributed by atoms with van der Waals surface area (Å²) >= 11 is 0. The van der Waals surface area contributed by atoms with Crippen molar-refractivity contribution in [1.82, 2.24) is 15.2 Å². The van der Waals surface area contributed by atoms with E-state index in [0.29, 0.717) is 27.7 Å². The summed E-state index contributed by atoms with van der Waals surface area (Å²) < 4.78 is 37.4. The largest absolute Gasteiger partial charge is 0.364 e. The lowest BCUT2D eigenvalue weighted by molar-refractivity contribution is 0.0995. The standard InChI is InChI=1S/C17H16FN5O3S/c1-8-5-11(27(3,25)26)6-12-13(8)22-23-15(17(19)24)14(12)21-10-4-9(2)16(18)20-7-10/h4-7H,1-3H3,(H2,19,24)(H,21,22). The Balaban J connectivity index is 2.32. The van der Waals surface area contributed by atoms with Crippen molar-refractivity contribution in [2.75, 3.05) is 11.6 Å². The number of hydrogen-bond donors (Lipinski definition) is 2. The summed E-state index contributed by atoms with van der Waals surface area (Å²) in [5.74, 6) is -1.47. The zero-order chi connectivity index (χ0) is 19.9. The predicted octanol–water partition coefficient (Wildman–Crippen LogP) is 2.03. The molecular formula is C17H16FN5O3S. The van der Waals surface area contributed by atoms with E-state index in [-0.39, 0.29) is 16.3 Å². The van der Waals surface area contributed by atoms with Gasteiger partial charge in [-0.05, 0) is 37.6 Å². The molecule has 0 spiro atoms. The van der Waals surface area contributed by atoms with Crippen molar-refractivity contribution in [3.8, 4) is 0 Å². The number of nitrogens with zero attached hydrogens (tertiary/aromatic N) is 3. The average molecular weight is 389 g/mol. The molecule has 1 amide bonds. The van der Waals surface area contributed by atoms with Gasteiger partial charge < -0.3 is 11.1 Å². The van der Waals surface area contributed by atoms with Crippen LogP contribution in [-0.2, 0) is 9.84 Å². The number of nitrogens with two attached hydrogens (primary N) is 1. The minimum Gasteiger partial charge on any atom is -0.364 e. The molecule has 0 saturated carbocycles. The number of pyridine rings is 1. The van der Waals surface area contributed by atoms with E-state index in [9.17, 15) is 17.6 Å². The van der Waals surface area contributed by atoms with Crippen LogP contribution in [0.3, 0.4) is 0 Å². The maximum atomic E-state index is 13.4. The molecule has 0 bridgehead atoms. The number of nitrogens with one attached hydrogen (secondary N) is 1. The maximum absolute atomic E-state index is 13.4. The highest BCUT2D eigenvalue weighted by Crippen LogP contribution is 2.31. The molecule has 0 aliphatic heterocycles. The van der Waals surface area contributed by atoms with Crippen LogP contribution >= 0.6 is 0 Å². The van der Waals surface area contributed by atoms with Crippen LogP contribution in [0, 0.1) is 19.8 Å². The summed E-state index contributed by atoms with van der Waals surface area (Å²) in [7, 11) is -3.51. The number of sulfone groups is 1. The second-order valence-corrected chi connectivity index (χ2v) is 8.17. The zero-order valence-corrected chi connectivity index (χ0v) is 15.6. The highest BCUT2D eigenvalue weighted by atomic mass is 32.2. The number of aryl methyl sites for hydroxylation is 2. The lowest BCUT2D eigenvalue weighted by Gasteiger charge is -2.14. The Morgan fingerprint density at radius 3 is 2.44 bits per heavy atom. The molecule has 10 heteroatoms. The molecule has 8 nitrogen and oxygen atoms in total. The van der Waals surface area contributed by atoms with E-state index in [1.165, 1.54) is 31.3 Å². The Bertz CT molecular complexity index is 1190. The van der Waals surface area contributed by atoms with Gasteiger partial charge in [0, 0.05) is 17.2 Å². The van der Waals surface area contributed by atoms with Gasteiger partial charge in [-0.3, -0.25) is 4.79 Å². The zero-order valence-electron chi connectivity index (χ0n) is 14.7. The summed E-state index contributed by atoms with van der Waals surface area (Å²) in [6.45, 7) is 3.22. The van der Waals surface area contributed by atoms with Crippen molar-refractivity contribution < 1.29 is 17.6 Å². The van der Waals surface area contributed by atoms with Crippen LogP contribution < -0.4 is 11.1 Å². The number of carbonyl (C=O) groups excluding carboxylic acids is 1. The van der Waals surface area contributed by atoms with Crippen LogP contribution in [0.2, 0.25) is 0 Å². The third-order valence-corrected chi connectivity index (χ3v) is 5.07.